The number of ether oxygens (including phenoxy) is 1. The van der Waals surface area contributed by atoms with Gasteiger partial charge in [0, 0.05) is 12.3 Å². The molecule has 1 rings (SSSR count). The van der Waals surface area contributed by atoms with Crippen molar-refractivity contribution >= 4 is 0 Å². The van der Waals surface area contributed by atoms with E-state index in [4.69, 9.17) is 9.57 Å². The first kappa shape index (κ1) is 17.5. The molecule has 4 heteroatoms. The largest absolute Gasteiger partial charge is 0.411 e. The minimum atomic E-state index is -0.315. The Hall–Kier alpha value is -0.580. The number of allylic oxidation sites excluding steroid dienone is 1. The highest BCUT2D eigenvalue weighted by molar-refractivity contribution is 4.90. The highest BCUT2D eigenvalue weighted by Crippen LogP contribution is 2.24. The molecule has 0 aromatic rings. The molecule has 0 aromatic heterocycles. The van der Waals surface area contributed by atoms with Gasteiger partial charge in [0.15, 0.2) is 0 Å². The molecular weight excluding hydrogens is 254 g/mol. The Labute approximate surface area is 123 Å². The monoisotopic (exact) mass is 285 g/mol. The van der Waals surface area contributed by atoms with Gasteiger partial charge in [-0.15, -0.1) is 5.48 Å². The van der Waals surface area contributed by atoms with E-state index in [-0.39, 0.29) is 18.4 Å². The van der Waals surface area contributed by atoms with Crippen LogP contribution in [0.1, 0.15) is 65.7 Å². The second kappa shape index (κ2) is 9.37. The smallest absolute Gasteiger partial charge is 0.143 e. The van der Waals surface area contributed by atoms with Gasteiger partial charge in [0.2, 0.25) is 0 Å². The number of rotatable bonds is 9. The van der Waals surface area contributed by atoms with Crippen molar-refractivity contribution in [1.29, 1.82) is 0 Å². The molecule has 3 unspecified atom stereocenters. The molecular formula is C16H31NO3. The van der Waals surface area contributed by atoms with Crippen LogP contribution < -0.4 is 5.48 Å². The van der Waals surface area contributed by atoms with E-state index in [1.807, 2.05) is 0 Å². The van der Waals surface area contributed by atoms with Crippen molar-refractivity contribution in [2.75, 3.05) is 0 Å². The molecule has 0 spiro atoms. The minimum Gasteiger partial charge on any atom is -0.411 e. The summed E-state index contributed by atoms with van der Waals surface area (Å²) in [5.74, 6) is 1.18. The Kier molecular flexibility index (Phi) is 8.19. The van der Waals surface area contributed by atoms with E-state index in [2.05, 4.69) is 32.8 Å². The number of hydrogen-bond acceptors (Lipinski definition) is 4. The summed E-state index contributed by atoms with van der Waals surface area (Å²) >= 11 is 0. The van der Waals surface area contributed by atoms with Crippen LogP contribution in [0.25, 0.3) is 0 Å². The quantitative estimate of drug-likeness (QED) is 0.503. The van der Waals surface area contributed by atoms with Crippen molar-refractivity contribution in [3.63, 3.8) is 0 Å². The second-order valence-electron chi connectivity index (χ2n) is 5.74. The lowest BCUT2D eigenvalue weighted by Gasteiger charge is -2.33. The van der Waals surface area contributed by atoms with Crippen molar-refractivity contribution in [3.05, 3.63) is 12.3 Å². The third-order valence-corrected chi connectivity index (χ3v) is 3.88. The number of hydrogen-bond donors (Lipinski definition) is 2. The van der Waals surface area contributed by atoms with Crippen LogP contribution in [0.15, 0.2) is 12.3 Å². The standard InChI is InChI=1S/C16H31NO3/c1-5-8-13(9-6-2)12(4)20-17-16-11-14(18)10-15(7-3)19-16/h13-18H,4-11H2,1-3H3. The maximum atomic E-state index is 9.83. The van der Waals surface area contributed by atoms with Crippen molar-refractivity contribution in [2.24, 2.45) is 5.92 Å². The van der Waals surface area contributed by atoms with Crippen LogP contribution in [0.5, 0.6) is 0 Å². The summed E-state index contributed by atoms with van der Waals surface area (Å²) < 4.78 is 5.82. The number of nitrogens with one attached hydrogen (secondary N) is 1. The predicted molar refractivity (Wildman–Crippen MR) is 80.9 cm³/mol. The Balaban J connectivity index is 2.38. The molecule has 0 saturated carbocycles. The Morgan fingerprint density at radius 3 is 2.50 bits per heavy atom. The molecule has 1 saturated heterocycles. The highest BCUT2D eigenvalue weighted by atomic mass is 16.7. The maximum Gasteiger partial charge on any atom is 0.143 e. The SMILES string of the molecule is C=C(ONC1CC(O)CC(CC)O1)C(CCC)CCC. The maximum absolute atomic E-state index is 9.83. The van der Waals surface area contributed by atoms with E-state index in [9.17, 15) is 5.11 Å². The molecule has 4 nitrogen and oxygen atoms in total. The van der Waals surface area contributed by atoms with Crippen LogP contribution in [-0.2, 0) is 9.57 Å². The van der Waals surface area contributed by atoms with Gasteiger partial charge < -0.3 is 14.7 Å². The molecule has 0 amide bonds. The summed E-state index contributed by atoms with van der Waals surface area (Å²) in [5.41, 5.74) is 2.93. The summed E-state index contributed by atoms with van der Waals surface area (Å²) in [7, 11) is 0. The zero-order valence-corrected chi connectivity index (χ0v) is 13.2. The number of hydroxylamine groups is 1. The van der Waals surface area contributed by atoms with E-state index < -0.39 is 0 Å². The fourth-order valence-corrected chi connectivity index (χ4v) is 2.72. The first-order chi connectivity index (χ1) is 9.60. The van der Waals surface area contributed by atoms with E-state index in [0.717, 1.165) is 37.9 Å². The first-order valence-corrected chi connectivity index (χ1v) is 8.05. The Morgan fingerprint density at radius 1 is 1.30 bits per heavy atom. The molecule has 0 aromatic carbocycles. The molecule has 1 aliphatic rings. The van der Waals surface area contributed by atoms with Crippen molar-refractivity contribution < 1.29 is 14.7 Å². The average molecular weight is 285 g/mol. The van der Waals surface area contributed by atoms with E-state index >= 15 is 0 Å². The molecule has 1 aliphatic heterocycles. The van der Waals surface area contributed by atoms with Gasteiger partial charge in [-0.2, -0.15) is 0 Å². The fraction of sp³-hybridized carbons (Fsp3) is 0.875. The zero-order chi connectivity index (χ0) is 15.0. The van der Waals surface area contributed by atoms with Crippen LogP contribution in [0, 0.1) is 5.92 Å². The van der Waals surface area contributed by atoms with Gasteiger partial charge in [0.25, 0.3) is 0 Å². The van der Waals surface area contributed by atoms with Crippen LogP contribution in [0.2, 0.25) is 0 Å². The van der Waals surface area contributed by atoms with Crippen LogP contribution in [-0.4, -0.2) is 23.5 Å². The summed E-state index contributed by atoms with van der Waals surface area (Å²) in [6.07, 6.45) is 6.18. The van der Waals surface area contributed by atoms with Gasteiger partial charge in [-0.25, -0.2) is 0 Å². The lowest BCUT2D eigenvalue weighted by Crippen LogP contribution is -2.43. The normalized spacial score (nSPS) is 26.8. The third-order valence-electron chi connectivity index (χ3n) is 3.88. The molecule has 2 N–H and O–H groups in total. The number of aliphatic hydroxyl groups excluding tert-OH is 1. The zero-order valence-electron chi connectivity index (χ0n) is 13.2. The van der Waals surface area contributed by atoms with Crippen molar-refractivity contribution in [2.45, 2.75) is 84.2 Å². The van der Waals surface area contributed by atoms with Crippen LogP contribution >= 0.6 is 0 Å². The average Bonchev–Trinajstić information content (AvgIpc) is 2.44. The highest BCUT2D eigenvalue weighted by Gasteiger charge is 2.28. The van der Waals surface area contributed by atoms with Crippen LogP contribution in [0.4, 0.5) is 0 Å². The molecule has 0 radical (unpaired) electrons. The summed E-state index contributed by atoms with van der Waals surface area (Å²) in [4.78, 5) is 5.61. The first-order valence-electron chi connectivity index (χ1n) is 8.05. The molecule has 20 heavy (non-hydrogen) atoms. The summed E-state index contributed by atoms with van der Waals surface area (Å²) in [6, 6.07) is 0. The van der Waals surface area contributed by atoms with E-state index in [1.165, 1.54) is 0 Å². The molecule has 1 heterocycles. The lowest BCUT2D eigenvalue weighted by atomic mass is 9.97. The molecule has 3 atom stereocenters. The Morgan fingerprint density at radius 2 is 1.95 bits per heavy atom. The molecule has 0 bridgehead atoms. The van der Waals surface area contributed by atoms with Gasteiger partial charge in [0.1, 0.15) is 12.0 Å². The van der Waals surface area contributed by atoms with Gasteiger partial charge in [-0.1, -0.05) is 40.2 Å². The minimum absolute atomic E-state index is 0.107. The predicted octanol–water partition coefficient (Wildman–Crippen LogP) is 3.51. The van der Waals surface area contributed by atoms with Gasteiger partial charge in [-0.3, -0.25) is 0 Å². The van der Waals surface area contributed by atoms with E-state index in [1.54, 1.807) is 0 Å². The molecule has 0 aliphatic carbocycles. The Bertz CT molecular complexity index is 277. The second-order valence-corrected chi connectivity index (χ2v) is 5.74. The van der Waals surface area contributed by atoms with Gasteiger partial charge in [0.05, 0.1) is 12.2 Å². The summed E-state index contributed by atoms with van der Waals surface area (Å²) in [6.45, 7) is 10.5. The topological polar surface area (TPSA) is 50.7 Å². The van der Waals surface area contributed by atoms with Crippen molar-refractivity contribution in [1.82, 2.24) is 5.48 Å². The molecule has 118 valence electrons. The molecule has 1 fully saturated rings. The number of aliphatic hydroxyl groups is 1. The van der Waals surface area contributed by atoms with Crippen molar-refractivity contribution in [3.8, 4) is 0 Å². The lowest BCUT2D eigenvalue weighted by molar-refractivity contribution is -0.156. The third kappa shape index (κ3) is 5.81. The fourth-order valence-electron chi connectivity index (χ4n) is 2.72. The summed E-state index contributed by atoms with van der Waals surface area (Å²) in [5, 5.41) is 9.83. The van der Waals surface area contributed by atoms with E-state index in [0.29, 0.717) is 18.8 Å². The van der Waals surface area contributed by atoms with Gasteiger partial charge in [-0.05, 0) is 25.7 Å². The van der Waals surface area contributed by atoms with Crippen LogP contribution in [0.3, 0.4) is 0 Å². The van der Waals surface area contributed by atoms with Gasteiger partial charge >= 0.3 is 0 Å².